The van der Waals surface area contributed by atoms with Gasteiger partial charge in [-0.2, -0.15) is 0 Å². The van der Waals surface area contributed by atoms with Crippen LogP contribution in [0.25, 0.3) is 6.08 Å². The van der Waals surface area contributed by atoms with Crippen LogP contribution >= 0.6 is 11.8 Å². The number of anilines is 1. The van der Waals surface area contributed by atoms with Crippen molar-refractivity contribution in [2.24, 2.45) is 0 Å². The van der Waals surface area contributed by atoms with Crippen LogP contribution in [-0.4, -0.2) is 28.5 Å². The van der Waals surface area contributed by atoms with Crippen molar-refractivity contribution in [1.82, 2.24) is 4.90 Å². The average Bonchev–Trinajstić information content (AvgIpc) is 3.09. The molecule has 35 heavy (non-hydrogen) atoms. The second kappa shape index (κ2) is 10.6. The summed E-state index contributed by atoms with van der Waals surface area (Å²) in [4.78, 5) is 39.1. The van der Waals surface area contributed by atoms with Crippen molar-refractivity contribution >= 4 is 40.6 Å². The summed E-state index contributed by atoms with van der Waals surface area (Å²) < 4.78 is 19.0. The molecule has 1 aliphatic heterocycles. The molecule has 1 aliphatic rings. The van der Waals surface area contributed by atoms with Gasteiger partial charge in [0.2, 0.25) is 5.91 Å². The first-order valence-electron chi connectivity index (χ1n) is 10.9. The van der Waals surface area contributed by atoms with Crippen LogP contribution in [0.4, 0.5) is 14.9 Å². The quantitative estimate of drug-likeness (QED) is 0.430. The highest BCUT2D eigenvalue weighted by Crippen LogP contribution is 2.34. The van der Waals surface area contributed by atoms with Crippen molar-refractivity contribution in [2.75, 3.05) is 11.9 Å². The van der Waals surface area contributed by atoms with E-state index in [1.54, 1.807) is 42.5 Å². The summed E-state index contributed by atoms with van der Waals surface area (Å²) in [6.45, 7) is 3.62. The molecule has 0 radical (unpaired) electrons. The monoisotopic (exact) mass is 490 g/mol. The first-order valence-corrected chi connectivity index (χ1v) is 11.7. The highest BCUT2D eigenvalue weighted by Gasteiger charge is 2.36. The second-order valence-electron chi connectivity index (χ2n) is 8.09. The maximum atomic E-state index is 13.1. The summed E-state index contributed by atoms with van der Waals surface area (Å²) in [6.07, 6.45) is 1.58. The van der Waals surface area contributed by atoms with Crippen molar-refractivity contribution in [2.45, 2.75) is 20.5 Å². The fourth-order valence-electron chi connectivity index (χ4n) is 3.45. The maximum absolute atomic E-state index is 13.1. The standard InChI is InChI=1S/C27H23FN2O4S/c1-17-7-8-18(2)22(13-17)29-25(31)15-30-26(32)24(35-27(30)33)14-20-5-3-4-6-23(20)34-16-19-9-11-21(28)12-10-19/h3-14H,15-16H2,1-2H3,(H,29,31)/b24-14-. The number of benzene rings is 3. The molecular formula is C27H23FN2O4S. The van der Waals surface area contributed by atoms with Gasteiger partial charge in [-0.25, -0.2) is 4.39 Å². The molecule has 1 N–H and O–H groups in total. The van der Waals surface area contributed by atoms with E-state index in [0.717, 1.165) is 33.4 Å². The van der Waals surface area contributed by atoms with Crippen molar-refractivity contribution in [3.63, 3.8) is 0 Å². The smallest absolute Gasteiger partial charge is 0.294 e. The Kier molecular flexibility index (Phi) is 7.31. The molecule has 0 spiro atoms. The molecule has 178 valence electrons. The predicted molar refractivity (Wildman–Crippen MR) is 134 cm³/mol. The number of nitrogens with zero attached hydrogens (tertiary/aromatic N) is 1. The zero-order chi connectivity index (χ0) is 24.9. The molecule has 3 amide bonds. The number of hydrogen-bond acceptors (Lipinski definition) is 5. The van der Waals surface area contributed by atoms with Gasteiger partial charge >= 0.3 is 0 Å². The van der Waals surface area contributed by atoms with Gasteiger partial charge in [0, 0.05) is 11.3 Å². The summed E-state index contributed by atoms with van der Waals surface area (Å²) in [5.74, 6) is -0.807. The number of carbonyl (C=O) groups excluding carboxylic acids is 3. The first kappa shape index (κ1) is 24.2. The number of imide groups is 1. The zero-order valence-corrected chi connectivity index (χ0v) is 20.0. The molecule has 0 aromatic heterocycles. The minimum atomic E-state index is -0.538. The van der Waals surface area contributed by atoms with Crippen molar-refractivity contribution in [3.8, 4) is 5.75 Å². The Hall–Kier alpha value is -3.91. The minimum Gasteiger partial charge on any atom is -0.488 e. The van der Waals surface area contributed by atoms with Gasteiger partial charge in [-0.3, -0.25) is 19.3 Å². The van der Waals surface area contributed by atoms with Crippen LogP contribution in [0.1, 0.15) is 22.3 Å². The number of carbonyl (C=O) groups is 3. The zero-order valence-electron chi connectivity index (χ0n) is 19.2. The number of rotatable bonds is 7. The van der Waals surface area contributed by atoms with Crippen LogP contribution in [0.2, 0.25) is 0 Å². The molecule has 0 atom stereocenters. The number of thioether (sulfide) groups is 1. The lowest BCUT2D eigenvalue weighted by Gasteiger charge is -2.14. The van der Waals surface area contributed by atoms with E-state index >= 15 is 0 Å². The summed E-state index contributed by atoms with van der Waals surface area (Å²) in [5.41, 5.74) is 3.91. The molecule has 3 aromatic carbocycles. The Balaban J connectivity index is 1.45. The van der Waals surface area contributed by atoms with Gasteiger partial charge in [-0.05, 0) is 72.6 Å². The van der Waals surface area contributed by atoms with Gasteiger partial charge in [0.05, 0.1) is 4.91 Å². The molecule has 0 unspecified atom stereocenters. The third-order valence-electron chi connectivity index (χ3n) is 5.36. The van der Waals surface area contributed by atoms with Gasteiger partial charge in [0.25, 0.3) is 11.1 Å². The maximum Gasteiger partial charge on any atom is 0.294 e. The summed E-state index contributed by atoms with van der Waals surface area (Å²) in [5, 5.41) is 2.26. The summed E-state index contributed by atoms with van der Waals surface area (Å²) in [7, 11) is 0. The Morgan fingerprint density at radius 3 is 2.57 bits per heavy atom. The number of halogens is 1. The Morgan fingerprint density at radius 1 is 1.06 bits per heavy atom. The molecular weight excluding hydrogens is 467 g/mol. The lowest BCUT2D eigenvalue weighted by Crippen LogP contribution is -2.36. The number of ether oxygens (including phenoxy) is 1. The van der Waals surface area contributed by atoms with Crippen LogP contribution in [0.15, 0.2) is 71.6 Å². The molecule has 6 nitrogen and oxygen atoms in total. The molecule has 1 heterocycles. The Morgan fingerprint density at radius 2 is 1.80 bits per heavy atom. The van der Waals surface area contributed by atoms with Gasteiger partial charge in [-0.1, -0.05) is 42.5 Å². The number of hydrogen-bond donors (Lipinski definition) is 1. The van der Waals surface area contributed by atoms with Gasteiger partial charge < -0.3 is 10.1 Å². The molecule has 8 heteroatoms. The number of nitrogens with one attached hydrogen (secondary N) is 1. The van der Waals surface area contributed by atoms with E-state index in [1.165, 1.54) is 12.1 Å². The fraction of sp³-hybridized carbons (Fsp3) is 0.148. The molecule has 0 bridgehead atoms. The highest BCUT2D eigenvalue weighted by molar-refractivity contribution is 8.18. The largest absolute Gasteiger partial charge is 0.488 e. The molecule has 4 rings (SSSR count). The topological polar surface area (TPSA) is 75.7 Å². The Labute approximate surface area is 206 Å². The third kappa shape index (κ3) is 5.96. The molecule has 0 saturated carbocycles. The lowest BCUT2D eigenvalue weighted by atomic mass is 10.1. The number of amides is 3. The second-order valence-corrected chi connectivity index (χ2v) is 9.08. The SMILES string of the molecule is Cc1ccc(C)c(NC(=O)CN2C(=O)S/C(=C\c3ccccc3OCc3ccc(F)cc3)C2=O)c1. The molecule has 1 saturated heterocycles. The van der Waals surface area contributed by atoms with Crippen LogP contribution in [0.3, 0.4) is 0 Å². The minimum absolute atomic E-state index is 0.201. The predicted octanol–water partition coefficient (Wildman–Crippen LogP) is 5.70. The molecule has 3 aromatic rings. The molecule has 1 fully saturated rings. The van der Waals surface area contributed by atoms with E-state index in [-0.39, 0.29) is 23.9 Å². The fourth-order valence-corrected chi connectivity index (χ4v) is 4.28. The van der Waals surface area contributed by atoms with Crippen molar-refractivity contribution < 1.29 is 23.5 Å². The van der Waals surface area contributed by atoms with Crippen LogP contribution in [-0.2, 0) is 16.2 Å². The third-order valence-corrected chi connectivity index (χ3v) is 6.26. The van der Waals surface area contributed by atoms with Gasteiger partial charge in [0.15, 0.2) is 0 Å². The van der Waals surface area contributed by atoms with Crippen LogP contribution in [0, 0.1) is 19.7 Å². The molecule has 0 aliphatic carbocycles. The van der Waals surface area contributed by atoms with E-state index in [1.807, 2.05) is 32.0 Å². The van der Waals surface area contributed by atoms with E-state index in [9.17, 15) is 18.8 Å². The van der Waals surface area contributed by atoms with Crippen molar-refractivity contribution in [3.05, 3.63) is 99.7 Å². The first-order chi connectivity index (χ1) is 16.8. The van der Waals surface area contributed by atoms with Gasteiger partial charge in [-0.15, -0.1) is 0 Å². The average molecular weight is 491 g/mol. The number of aryl methyl sites for hydroxylation is 2. The van der Waals surface area contributed by atoms with E-state index in [0.29, 0.717) is 17.0 Å². The van der Waals surface area contributed by atoms with Gasteiger partial charge in [0.1, 0.15) is 24.7 Å². The van der Waals surface area contributed by atoms with Crippen LogP contribution < -0.4 is 10.1 Å². The summed E-state index contributed by atoms with van der Waals surface area (Å²) >= 11 is 0.777. The van der Waals surface area contributed by atoms with E-state index in [4.69, 9.17) is 4.74 Å². The van der Waals surface area contributed by atoms with Crippen molar-refractivity contribution in [1.29, 1.82) is 0 Å². The number of para-hydroxylation sites is 1. The normalized spacial score (nSPS) is 14.5. The van der Waals surface area contributed by atoms with E-state index < -0.39 is 17.1 Å². The highest BCUT2D eigenvalue weighted by atomic mass is 32.2. The summed E-state index contributed by atoms with van der Waals surface area (Å²) in [6, 6.07) is 18.7. The Bertz CT molecular complexity index is 1320. The van der Waals surface area contributed by atoms with Crippen LogP contribution in [0.5, 0.6) is 5.75 Å². The lowest BCUT2D eigenvalue weighted by molar-refractivity contribution is -0.127. The van der Waals surface area contributed by atoms with E-state index in [2.05, 4.69) is 5.32 Å².